The Morgan fingerprint density at radius 2 is 1.89 bits per heavy atom. The number of rotatable bonds is 3. The van der Waals surface area contributed by atoms with Crippen LogP contribution in [0.3, 0.4) is 0 Å². The SMILES string of the molecule is Cc1ccc(NCc2c(O)cccc2Cl)cc1Cl. The van der Waals surface area contributed by atoms with Gasteiger partial charge in [-0.15, -0.1) is 0 Å². The van der Waals surface area contributed by atoms with E-state index in [4.69, 9.17) is 23.2 Å². The zero-order valence-corrected chi connectivity index (χ0v) is 11.4. The minimum absolute atomic E-state index is 0.188. The molecule has 2 aromatic rings. The minimum atomic E-state index is 0.188. The molecule has 0 aliphatic carbocycles. The zero-order chi connectivity index (χ0) is 13.1. The lowest BCUT2D eigenvalue weighted by molar-refractivity contribution is 0.469. The van der Waals surface area contributed by atoms with Crippen molar-refractivity contribution in [3.63, 3.8) is 0 Å². The number of aryl methyl sites for hydroxylation is 1. The van der Waals surface area contributed by atoms with Crippen LogP contribution in [0.25, 0.3) is 0 Å². The van der Waals surface area contributed by atoms with E-state index in [9.17, 15) is 5.11 Å². The Hall–Kier alpha value is -1.38. The first-order chi connectivity index (χ1) is 8.58. The molecule has 0 bridgehead atoms. The predicted octanol–water partition coefficient (Wildman–Crippen LogP) is 4.62. The molecule has 2 rings (SSSR count). The fraction of sp³-hybridized carbons (Fsp3) is 0.143. The fourth-order valence-electron chi connectivity index (χ4n) is 1.62. The van der Waals surface area contributed by atoms with Crippen molar-refractivity contribution in [3.8, 4) is 5.75 Å². The average molecular weight is 282 g/mol. The van der Waals surface area contributed by atoms with Crippen molar-refractivity contribution in [2.24, 2.45) is 0 Å². The van der Waals surface area contributed by atoms with Gasteiger partial charge in [-0.2, -0.15) is 0 Å². The van der Waals surface area contributed by atoms with Crippen LogP contribution in [0.1, 0.15) is 11.1 Å². The Bertz CT molecular complexity index is 549. The summed E-state index contributed by atoms with van der Waals surface area (Å²) in [6.07, 6.45) is 0. The van der Waals surface area contributed by atoms with Crippen molar-refractivity contribution in [2.75, 3.05) is 5.32 Å². The van der Waals surface area contributed by atoms with Crippen LogP contribution in [0.15, 0.2) is 36.4 Å². The van der Waals surface area contributed by atoms with E-state index in [0.717, 1.165) is 11.3 Å². The van der Waals surface area contributed by atoms with Gasteiger partial charge in [0.1, 0.15) is 5.75 Å². The monoisotopic (exact) mass is 281 g/mol. The molecule has 0 aliphatic heterocycles. The molecule has 2 N–H and O–H groups in total. The van der Waals surface area contributed by atoms with Crippen LogP contribution in [0, 0.1) is 6.92 Å². The highest BCUT2D eigenvalue weighted by atomic mass is 35.5. The molecule has 0 saturated carbocycles. The van der Waals surface area contributed by atoms with Crippen LogP contribution in [-0.2, 0) is 6.54 Å². The quantitative estimate of drug-likeness (QED) is 0.861. The number of hydrogen-bond donors (Lipinski definition) is 2. The van der Waals surface area contributed by atoms with E-state index in [1.165, 1.54) is 0 Å². The minimum Gasteiger partial charge on any atom is -0.508 e. The van der Waals surface area contributed by atoms with E-state index in [1.54, 1.807) is 18.2 Å². The van der Waals surface area contributed by atoms with E-state index in [-0.39, 0.29) is 5.75 Å². The molecular weight excluding hydrogens is 269 g/mol. The molecule has 94 valence electrons. The van der Waals surface area contributed by atoms with Gasteiger partial charge in [0.25, 0.3) is 0 Å². The van der Waals surface area contributed by atoms with Gasteiger partial charge in [-0.25, -0.2) is 0 Å². The number of anilines is 1. The van der Waals surface area contributed by atoms with Crippen molar-refractivity contribution >= 4 is 28.9 Å². The molecule has 0 amide bonds. The zero-order valence-electron chi connectivity index (χ0n) is 9.87. The topological polar surface area (TPSA) is 32.3 Å². The Morgan fingerprint density at radius 1 is 1.11 bits per heavy atom. The third-order valence-corrected chi connectivity index (χ3v) is 3.50. The molecule has 0 unspecified atom stereocenters. The summed E-state index contributed by atoms with van der Waals surface area (Å²) in [5, 5.41) is 14.2. The Balaban J connectivity index is 2.14. The van der Waals surface area contributed by atoms with Crippen molar-refractivity contribution in [3.05, 3.63) is 57.6 Å². The first kappa shape index (κ1) is 13.1. The van der Waals surface area contributed by atoms with Gasteiger partial charge in [0, 0.05) is 27.8 Å². The van der Waals surface area contributed by atoms with E-state index in [2.05, 4.69) is 5.32 Å². The van der Waals surface area contributed by atoms with E-state index < -0.39 is 0 Å². The third kappa shape index (κ3) is 2.89. The molecule has 4 heteroatoms. The molecule has 0 aliphatic rings. The number of nitrogens with one attached hydrogen (secondary N) is 1. The van der Waals surface area contributed by atoms with Gasteiger partial charge in [0.05, 0.1) is 0 Å². The summed E-state index contributed by atoms with van der Waals surface area (Å²) in [6, 6.07) is 10.8. The van der Waals surface area contributed by atoms with Crippen LogP contribution in [0.5, 0.6) is 5.75 Å². The second kappa shape index (κ2) is 5.51. The van der Waals surface area contributed by atoms with Crippen LogP contribution in [-0.4, -0.2) is 5.11 Å². The summed E-state index contributed by atoms with van der Waals surface area (Å²) in [5.74, 6) is 0.188. The van der Waals surface area contributed by atoms with Gasteiger partial charge in [0.15, 0.2) is 0 Å². The maximum absolute atomic E-state index is 9.72. The molecule has 0 spiro atoms. The molecule has 2 aromatic carbocycles. The fourth-order valence-corrected chi connectivity index (χ4v) is 2.03. The van der Waals surface area contributed by atoms with Gasteiger partial charge >= 0.3 is 0 Å². The lowest BCUT2D eigenvalue weighted by Crippen LogP contribution is -2.00. The Labute approximate surface area is 116 Å². The largest absolute Gasteiger partial charge is 0.508 e. The van der Waals surface area contributed by atoms with Gasteiger partial charge < -0.3 is 10.4 Å². The maximum Gasteiger partial charge on any atom is 0.122 e. The van der Waals surface area contributed by atoms with Crippen LogP contribution in [0.2, 0.25) is 10.0 Å². The van der Waals surface area contributed by atoms with Crippen molar-refractivity contribution in [1.82, 2.24) is 0 Å². The molecule has 0 aromatic heterocycles. The van der Waals surface area contributed by atoms with Crippen LogP contribution in [0.4, 0.5) is 5.69 Å². The second-order valence-electron chi connectivity index (χ2n) is 4.06. The maximum atomic E-state index is 9.72. The first-order valence-corrected chi connectivity index (χ1v) is 6.30. The lowest BCUT2D eigenvalue weighted by Gasteiger charge is -2.10. The summed E-state index contributed by atoms with van der Waals surface area (Å²) in [7, 11) is 0. The molecular formula is C14H13Cl2NO. The molecule has 0 radical (unpaired) electrons. The number of phenolic OH excluding ortho intramolecular Hbond substituents is 1. The van der Waals surface area contributed by atoms with Crippen molar-refractivity contribution < 1.29 is 5.11 Å². The highest BCUT2D eigenvalue weighted by molar-refractivity contribution is 6.32. The number of hydrogen-bond acceptors (Lipinski definition) is 2. The smallest absolute Gasteiger partial charge is 0.122 e. The lowest BCUT2D eigenvalue weighted by atomic mass is 10.2. The summed E-state index contributed by atoms with van der Waals surface area (Å²) in [5.41, 5.74) is 2.60. The summed E-state index contributed by atoms with van der Waals surface area (Å²) < 4.78 is 0. The number of halogens is 2. The molecule has 0 atom stereocenters. The number of aromatic hydroxyl groups is 1. The second-order valence-corrected chi connectivity index (χ2v) is 4.87. The van der Waals surface area contributed by atoms with E-state index in [1.807, 2.05) is 25.1 Å². The molecule has 2 nitrogen and oxygen atoms in total. The van der Waals surface area contributed by atoms with Gasteiger partial charge in [-0.3, -0.25) is 0 Å². The normalized spacial score (nSPS) is 10.4. The van der Waals surface area contributed by atoms with Gasteiger partial charge in [-0.05, 0) is 36.8 Å². The molecule has 0 saturated heterocycles. The van der Waals surface area contributed by atoms with Gasteiger partial charge in [-0.1, -0.05) is 35.3 Å². The predicted molar refractivity (Wildman–Crippen MR) is 76.6 cm³/mol. The molecule has 18 heavy (non-hydrogen) atoms. The number of benzene rings is 2. The summed E-state index contributed by atoms with van der Waals surface area (Å²) in [4.78, 5) is 0. The highest BCUT2D eigenvalue weighted by Crippen LogP contribution is 2.27. The standard InChI is InChI=1S/C14H13Cl2NO/c1-9-5-6-10(7-13(9)16)17-8-11-12(15)3-2-4-14(11)18/h2-7,17-18H,8H2,1H3. The Morgan fingerprint density at radius 3 is 2.56 bits per heavy atom. The van der Waals surface area contributed by atoms with Crippen molar-refractivity contribution in [1.29, 1.82) is 0 Å². The summed E-state index contributed by atoms with van der Waals surface area (Å²) in [6.45, 7) is 2.40. The Kier molecular flexibility index (Phi) is 4.00. The van der Waals surface area contributed by atoms with Crippen LogP contribution >= 0.6 is 23.2 Å². The van der Waals surface area contributed by atoms with E-state index >= 15 is 0 Å². The van der Waals surface area contributed by atoms with E-state index in [0.29, 0.717) is 22.2 Å². The highest BCUT2D eigenvalue weighted by Gasteiger charge is 2.06. The summed E-state index contributed by atoms with van der Waals surface area (Å²) >= 11 is 12.1. The van der Waals surface area contributed by atoms with Gasteiger partial charge in [0.2, 0.25) is 0 Å². The van der Waals surface area contributed by atoms with Crippen LogP contribution < -0.4 is 5.32 Å². The molecule has 0 heterocycles. The average Bonchev–Trinajstić information content (AvgIpc) is 2.33. The van der Waals surface area contributed by atoms with Crippen molar-refractivity contribution in [2.45, 2.75) is 13.5 Å². The third-order valence-electron chi connectivity index (χ3n) is 2.74. The molecule has 0 fully saturated rings. The first-order valence-electron chi connectivity index (χ1n) is 5.54. The number of phenols is 1.